The number of nitrogens with zero attached hydrogens (tertiary/aromatic N) is 3. The summed E-state index contributed by atoms with van der Waals surface area (Å²) in [5.74, 6) is 0.560. The number of benzene rings is 1. The molecule has 3 rings (SSSR count). The van der Waals surface area contributed by atoms with Gasteiger partial charge in [-0.3, -0.25) is 4.90 Å². The number of fused-ring (bicyclic) bond motifs is 1. The molecule has 1 unspecified atom stereocenters. The molecule has 27 heavy (non-hydrogen) atoms. The highest BCUT2D eigenvalue weighted by atomic mass is 16.6. The number of carbonyl (C=O) groups excluding carboxylic acids is 1. The summed E-state index contributed by atoms with van der Waals surface area (Å²) in [6, 6.07) is 5.86. The van der Waals surface area contributed by atoms with Gasteiger partial charge in [0.05, 0.1) is 6.04 Å². The Balaban J connectivity index is 1.61. The number of aromatic nitrogens is 1. The molecule has 1 aromatic heterocycles. The molecule has 148 valence electrons. The quantitative estimate of drug-likeness (QED) is 0.887. The van der Waals surface area contributed by atoms with Crippen molar-refractivity contribution in [1.82, 2.24) is 14.8 Å². The molecule has 0 bridgehead atoms. The minimum absolute atomic E-state index is 0.217. The van der Waals surface area contributed by atoms with Crippen LogP contribution in [0.3, 0.4) is 0 Å². The molecule has 0 saturated carbocycles. The van der Waals surface area contributed by atoms with Gasteiger partial charge in [-0.15, -0.1) is 0 Å². The van der Waals surface area contributed by atoms with Gasteiger partial charge < -0.3 is 19.8 Å². The number of amides is 1. The lowest BCUT2D eigenvalue weighted by molar-refractivity contribution is 0.0257. The normalized spacial score (nSPS) is 17.7. The fourth-order valence-corrected chi connectivity index (χ4v) is 3.18. The molecular formula is C20H30N4O3. The van der Waals surface area contributed by atoms with Gasteiger partial charge in [0, 0.05) is 32.7 Å². The number of carbonyl (C=O) groups is 1. The number of oxazole rings is 1. The standard InChI is InChI=1S/C20H30N4O3/c1-14(21)18-22-16-12-15(6-7-17(16)26-18)13-23-8-5-9-24(11-10-23)19(25)27-20(2,3)4/h6-7,12,14H,5,8-11,13,21H2,1-4H3. The second kappa shape index (κ2) is 7.86. The number of hydrogen-bond donors (Lipinski definition) is 1. The second-order valence-corrected chi connectivity index (χ2v) is 8.24. The van der Waals surface area contributed by atoms with Gasteiger partial charge in [0.15, 0.2) is 5.58 Å². The average molecular weight is 374 g/mol. The summed E-state index contributed by atoms with van der Waals surface area (Å²) in [5.41, 5.74) is 8.17. The maximum absolute atomic E-state index is 12.3. The van der Waals surface area contributed by atoms with Gasteiger partial charge in [-0.1, -0.05) is 6.07 Å². The predicted molar refractivity (Wildman–Crippen MR) is 104 cm³/mol. The Morgan fingerprint density at radius 3 is 2.78 bits per heavy atom. The largest absolute Gasteiger partial charge is 0.444 e. The van der Waals surface area contributed by atoms with E-state index in [-0.39, 0.29) is 12.1 Å². The molecule has 2 aromatic rings. The fraction of sp³-hybridized carbons (Fsp3) is 0.600. The zero-order chi connectivity index (χ0) is 19.6. The fourth-order valence-electron chi connectivity index (χ4n) is 3.18. The third-order valence-corrected chi connectivity index (χ3v) is 4.50. The van der Waals surface area contributed by atoms with E-state index in [4.69, 9.17) is 14.9 Å². The van der Waals surface area contributed by atoms with Crippen molar-refractivity contribution < 1.29 is 13.9 Å². The van der Waals surface area contributed by atoms with Crippen molar-refractivity contribution in [1.29, 1.82) is 0 Å². The molecule has 1 atom stereocenters. The zero-order valence-corrected chi connectivity index (χ0v) is 16.7. The van der Waals surface area contributed by atoms with E-state index in [0.717, 1.165) is 43.7 Å². The van der Waals surface area contributed by atoms with E-state index >= 15 is 0 Å². The highest BCUT2D eigenvalue weighted by Gasteiger charge is 2.24. The van der Waals surface area contributed by atoms with Gasteiger partial charge in [-0.2, -0.15) is 0 Å². The molecular weight excluding hydrogens is 344 g/mol. The van der Waals surface area contributed by atoms with Crippen LogP contribution in [0.25, 0.3) is 11.1 Å². The minimum atomic E-state index is -0.462. The van der Waals surface area contributed by atoms with Crippen molar-refractivity contribution in [2.24, 2.45) is 5.73 Å². The van der Waals surface area contributed by atoms with Crippen molar-refractivity contribution in [2.75, 3.05) is 26.2 Å². The summed E-state index contributed by atoms with van der Waals surface area (Å²) in [6.07, 6.45) is 0.706. The summed E-state index contributed by atoms with van der Waals surface area (Å²) < 4.78 is 11.2. The minimum Gasteiger partial charge on any atom is -0.444 e. The van der Waals surface area contributed by atoms with E-state index in [0.29, 0.717) is 12.4 Å². The van der Waals surface area contributed by atoms with E-state index in [1.807, 2.05) is 33.8 Å². The summed E-state index contributed by atoms with van der Waals surface area (Å²) >= 11 is 0. The van der Waals surface area contributed by atoms with E-state index in [1.54, 1.807) is 4.90 Å². The smallest absolute Gasteiger partial charge is 0.410 e. The highest BCUT2D eigenvalue weighted by molar-refractivity contribution is 5.73. The first-order valence-corrected chi connectivity index (χ1v) is 9.56. The maximum atomic E-state index is 12.3. The molecule has 1 aliphatic rings. The number of hydrogen-bond acceptors (Lipinski definition) is 6. The number of nitrogens with two attached hydrogens (primary N) is 1. The monoisotopic (exact) mass is 374 g/mol. The highest BCUT2D eigenvalue weighted by Crippen LogP contribution is 2.21. The van der Waals surface area contributed by atoms with Gasteiger partial charge in [-0.25, -0.2) is 9.78 Å². The summed E-state index contributed by atoms with van der Waals surface area (Å²) in [6.45, 7) is 11.5. The van der Waals surface area contributed by atoms with Crippen LogP contribution in [0.5, 0.6) is 0 Å². The van der Waals surface area contributed by atoms with Crippen LogP contribution in [-0.2, 0) is 11.3 Å². The Bertz CT molecular complexity index is 794. The van der Waals surface area contributed by atoms with Crippen LogP contribution < -0.4 is 5.73 Å². The first-order chi connectivity index (χ1) is 12.7. The summed E-state index contributed by atoms with van der Waals surface area (Å²) in [7, 11) is 0. The van der Waals surface area contributed by atoms with Gasteiger partial charge in [-0.05, 0) is 51.8 Å². The Morgan fingerprint density at radius 1 is 1.30 bits per heavy atom. The molecule has 2 N–H and O–H groups in total. The van der Waals surface area contributed by atoms with Gasteiger partial charge in [0.2, 0.25) is 5.89 Å². The van der Waals surface area contributed by atoms with E-state index in [1.165, 1.54) is 5.56 Å². The average Bonchev–Trinajstić information content (AvgIpc) is 2.85. The zero-order valence-electron chi connectivity index (χ0n) is 16.7. The van der Waals surface area contributed by atoms with Crippen LogP contribution in [0, 0.1) is 0 Å². The molecule has 1 amide bonds. The van der Waals surface area contributed by atoms with Crippen LogP contribution in [0.2, 0.25) is 0 Å². The van der Waals surface area contributed by atoms with Gasteiger partial charge in [0.25, 0.3) is 0 Å². The Labute approximate surface area is 160 Å². The van der Waals surface area contributed by atoms with Crippen LogP contribution >= 0.6 is 0 Å². The third kappa shape index (κ3) is 5.20. The molecule has 0 aliphatic carbocycles. The Kier molecular flexibility index (Phi) is 5.72. The number of rotatable bonds is 3. The van der Waals surface area contributed by atoms with Crippen LogP contribution in [0.15, 0.2) is 22.6 Å². The molecule has 1 aromatic carbocycles. The van der Waals surface area contributed by atoms with E-state index in [9.17, 15) is 4.79 Å². The molecule has 7 nitrogen and oxygen atoms in total. The second-order valence-electron chi connectivity index (χ2n) is 8.24. The van der Waals surface area contributed by atoms with Crippen molar-refractivity contribution in [2.45, 2.75) is 52.3 Å². The molecule has 7 heteroatoms. The number of ether oxygens (including phenoxy) is 1. The predicted octanol–water partition coefficient (Wildman–Crippen LogP) is 3.29. The first-order valence-electron chi connectivity index (χ1n) is 9.56. The van der Waals surface area contributed by atoms with Crippen LogP contribution in [0.4, 0.5) is 4.79 Å². The molecule has 1 saturated heterocycles. The van der Waals surface area contributed by atoms with Crippen LogP contribution in [-0.4, -0.2) is 52.7 Å². The molecule has 0 spiro atoms. The molecule has 1 fully saturated rings. The van der Waals surface area contributed by atoms with Gasteiger partial charge in [0.1, 0.15) is 11.1 Å². The first kappa shape index (κ1) is 19.6. The van der Waals surface area contributed by atoms with Crippen molar-refractivity contribution in [3.05, 3.63) is 29.7 Å². The van der Waals surface area contributed by atoms with E-state index < -0.39 is 5.60 Å². The third-order valence-electron chi connectivity index (χ3n) is 4.50. The van der Waals surface area contributed by atoms with Crippen molar-refractivity contribution >= 4 is 17.2 Å². The maximum Gasteiger partial charge on any atom is 0.410 e. The lowest BCUT2D eigenvalue weighted by Crippen LogP contribution is -2.39. The molecule has 1 aliphatic heterocycles. The SMILES string of the molecule is CC(N)c1nc2cc(CN3CCCN(C(=O)OC(C)(C)C)CC3)ccc2o1. The van der Waals surface area contributed by atoms with Crippen LogP contribution in [0.1, 0.15) is 51.6 Å². The topological polar surface area (TPSA) is 84.8 Å². The van der Waals surface area contributed by atoms with Gasteiger partial charge >= 0.3 is 6.09 Å². The Morgan fingerprint density at radius 2 is 2.07 bits per heavy atom. The lowest BCUT2D eigenvalue weighted by atomic mass is 10.2. The molecule has 0 radical (unpaired) electrons. The van der Waals surface area contributed by atoms with Crippen molar-refractivity contribution in [3.8, 4) is 0 Å². The summed E-state index contributed by atoms with van der Waals surface area (Å²) in [4.78, 5) is 20.9. The van der Waals surface area contributed by atoms with E-state index in [2.05, 4.69) is 22.0 Å². The Hall–Kier alpha value is -2.12. The summed E-state index contributed by atoms with van der Waals surface area (Å²) in [5, 5.41) is 0. The van der Waals surface area contributed by atoms with Crippen molar-refractivity contribution in [3.63, 3.8) is 0 Å². The molecule has 2 heterocycles. The lowest BCUT2D eigenvalue weighted by Gasteiger charge is -2.26.